The number of thioether (sulfide) groups is 1. The average molecular weight is 295 g/mol. The lowest BCUT2D eigenvalue weighted by Crippen LogP contribution is -2.48. The van der Waals surface area contributed by atoms with Crippen LogP contribution in [-0.2, 0) is 0 Å². The van der Waals surface area contributed by atoms with Gasteiger partial charge in [0.25, 0.3) is 0 Å². The van der Waals surface area contributed by atoms with Gasteiger partial charge in [-0.1, -0.05) is 18.7 Å². The number of nitriles is 1. The summed E-state index contributed by atoms with van der Waals surface area (Å²) in [6, 6.07) is 2.53. The van der Waals surface area contributed by atoms with Gasteiger partial charge < -0.3 is 0 Å². The van der Waals surface area contributed by atoms with Gasteiger partial charge in [-0.25, -0.2) is 4.98 Å². The molecule has 19 heavy (non-hydrogen) atoms. The van der Waals surface area contributed by atoms with Crippen molar-refractivity contribution in [1.82, 2.24) is 10.3 Å². The van der Waals surface area contributed by atoms with Crippen LogP contribution in [0.2, 0.25) is 0 Å². The first-order valence-electron chi connectivity index (χ1n) is 6.92. The highest BCUT2D eigenvalue weighted by Crippen LogP contribution is 2.39. The van der Waals surface area contributed by atoms with E-state index in [9.17, 15) is 5.26 Å². The van der Waals surface area contributed by atoms with E-state index in [0.717, 1.165) is 42.3 Å². The van der Waals surface area contributed by atoms with Crippen LogP contribution in [-0.4, -0.2) is 22.3 Å². The Morgan fingerprint density at radius 1 is 1.68 bits per heavy atom. The monoisotopic (exact) mass is 295 g/mol. The summed E-state index contributed by atoms with van der Waals surface area (Å²) in [4.78, 5) is 4.52. The molecule has 0 spiro atoms. The summed E-state index contributed by atoms with van der Waals surface area (Å²) in [6.45, 7) is 5.11. The second-order valence-corrected chi connectivity index (χ2v) is 7.62. The fraction of sp³-hybridized carbons (Fsp3) is 0.714. The normalized spacial score (nSPS) is 27.1. The van der Waals surface area contributed by atoms with Crippen LogP contribution >= 0.6 is 23.1 Å². The first kappa shape index (κ1) is 14.8. The van der Waals surface area contributed by atoms with E-state index in [2.05, 4.69) is 28.7 Å². The van der Waals surface area contributed by atoms with E-state index >= 15 is 0 Å². The summed E-state index contributed by atoms with van der Waals surface area (Å²) in [5.41, 5.74) is 0.789. The summed E-state index contributed by atoms with van der Waals surface area (Å²) >= 11 is 3.57. The average Bonchev–Trinajstić information content (AvgIpc) is 2.82. The Bertz CT molecular complexity index is 452. The van der Waals surface area contributed by atoms with Crippen LogP contribution in [0.4, 0.5) is 0 Å². The smallest absolute Gasteiger partial charge is 0.150 e. The minimum atomic E-state index is -0.307. The number of aromatic nitrogens is 1. The minimum Gasteiger partial charge on any atom is -0.299 e. The molecule has 5 heteroatoms. The third-order valence-corrected chi connectivity index (χ3v) is 5.86. The number of hydrogen-bond acceptors (Lipinski definition) is 5. The standard InChI is InChI=1S/C14H21N3S2/c1-3-7-16-14(10-15)6-4-5-12(8-14)19-13-17-11(2)9-18-13/h9,12,16H,3-8H2,1-2H3. The van der Waals surface area contributed by atoms with Crippen molar-refractivity contribution >= 4 is 23.1 Å². The molecule has 0 aromatic carbocycles. The Labute approximate surface area is 123 Å². The molecule has 0 bridgehead atoms. The number of nitrogens with one attached hydrogen (secondary N) is 1. The van der Waals surface area contributed by atoms with Crippen LogP contribution in [0.5, 0.6) is 0 Å². The largest absolute Gasteiger partial charge is 0.299 e. The molecular weight excluding hydrogens is 274 g/mol. The molecule has 2 unspecified atom stereocenters. The van der Waals surface area contributed by atoms with E-state index in [1.807, 2.05) is 18.7 Å². The van der Waals surface area contributed by atoms with E-state index in [1.165, 1.54) is 6.42 Å². The number of hydrogen-bond donors (Lipinski definition) is 1. The van der Waals surface area contributed by atoms with E-state index in [-0.39, 0.29) is 5.54 Å². The van der Waals surface area contributed by atoms with Crippen molar-refractivity contribution in [2.75, 3.05) is 6.54 Å². The van der Waals surface area contributed by atoms with Crippen molar-refractivity contribution < 1.29 is 0 Å². The molecule has 104 valence electrons. The quantitative estimate of drug-likeness (QED) is 0.899. The van der Waals surface area contributed by atoms with E-state index < -0.39 is 0 Å². The third kappa shape index (κ3) is 3.95. The van der Waals surface area contributed by atoms with Crippen LogP contribution in [0.3, 0.4) is 0 Å². The Morgan fingerprint density at radius 2 is 2.53 bits per heavy atom. The zero-order chi connectivity index (χ0) is 13.7. The zero-order valence-corrected chi connectivity index (χ0v) is 13.2. The number of thiazole rings is 1. The first-order valence-corrected chi connectivity index (χ1v) is 8.68. The minimum absolute atomic E-state index is 0.307. The van der Waals surface area contributed by atoms with Gasteiger partial charge in [0.05, 0.1) is 6.07 Å². The maximum absolute atomic E-state index is 9.52. The number of rotatable bonds is 5. The van der Waals surface area contributed by atoms with Crippen LogP contribution in [0, 0.1) is 18.3 Å². The Balaban J connectivity index is 1.97. The molecule has 1 aromatic heterocycles. The summed E-state index contributed by atoms with van der Waals surface area (Å²) < 4.78 is 1.15. The first-order chi connectivity index (χ1) is 9.17. The second-order valence-electron chi connectivity index (χ2n) is 5.21. The predicted octanol–water partition coefficient (Wildman–Crippen LogP) is 3.75. The van der Waals surface area contributed by atoms with Crippen LogP contribution < -0.4 is 5.32 Å². The lowest BCUT2D eigenvalue weighted by Gasteiger charge is -2.36. The summed E-state index contributed by atoms with van der Waals surface area (Å²) in [5.74, 6) is 0. The zero-order valence-electron chi connectivity index (χ0n) is 11.6. The maximum atomic E-state index is 9.52. The van der Waals surface area contributed by atoms with E-state index in [0.29, 0.717) is 5.25 Å². The van der Waals surface area contributed by atoms with Gasteiger partial charge in [0.2, 0.25) is 0 Å². The molecule has 1 aromatic rings. The van der Waals surface area contributed by atoms with E-state index in [4.69, 9.17) is 0 Å². The molecule has 1 N–H and O–H groups in total. The summed E-state index contributed by atoms with van der Waals surface area (Å²) in [7, 11) is 0. The fourth-order valence-electron chi connectivity index (χ4n) is 2.52. The topological polar surface area (TPSA) is 48.7 Å². The molecule has 1 saturated carbocycles. The molecule has 1 aliphatic rings. The van der Waals surface area contributed by atoms with Gasteiger partial charge >= 0.3 is 0 Å². The fourth-order valence-corrected chi connectivity index (χ4v) is 4.95. The van der Waals surface area contributed by atoms with Gasteiger partial charge in [-0.05, 0) is 45.6 Å². The second kappa shape index (κ2) is 6.74. The van der Waals surface area contributed by atoms with Crippen molar-refractivity contribution in [3.05, 3.63) is 11.1 Å². The molecule has 1 heterocycles. The van der Waals surface area contributed by atoms with E-state index in [1.54, 1.807) is 11.3 Å². The van der Waals surface area contributed by atoms with Crippen molar-refractivity contribution in [2.24, 2.45) is 0 Å². The van der Waals surface area contributed by atoms with Gasteiger partial charge in [-0.2, -0.15) is 5.26 Å². The number of aryl methyl sites for hydroxylation is 1. The highest BCUT2D eigenvalue weighted by Gasteiger charge is 2.36. The van der Waals surface area contributed by atoms with Gasteiger partial charge in [0.1, 0.15) is 9.88 Å². The highest BCUT2D eigenvalue weighted by molar-refractivity contribution is 8.01. The molecule has 1 aliphatic carbocycles. The van der Waals surface area contributed by atoms with Gasteiger partial charge in [-0.15, -0.1) is 11.3 Å². The molecule has 0 aliphatic heterocycles. The lowest BCUT2D eigenvalue weighted by atomic mass is 9.82. The molecule has 0 amide bonds. The van der Waals surface area contributed by atoms with Gasteiger partial charge in [-0.3, -0.25) is 5.32 Å². The van der Waals surface area contributed by atoms with Crippen molar-refractivity contribution in [1.29, 1.82) is 5.26 Å². The SMILES string of the molecule is CCCNC1(C#N)CCCC(Sc2nc(C)cs2)C1. The Hall–Kier alpha value is -0.570. The molecule has 1 fully saturated rings. The lowest BCUT2D eigenvalue weighted by molar-refractivity contribution is 0.305. The highest BCUT2D eigenvalue weighted by atomic mass is 32.2. The van der Waals surface area contributed by atoms with Crippen molar-refractivity contribution in [3.8, 4) is 6.07 Å². The Morgan fingerprint density at radius 3 is 3.16 bits per heavy atom. The number of nitrogens with zero attached hydrogens (tertiary/aromatic N) is 2. The third-order valence-electron chi connectivity index (χ3n) is 3.50. The Kier molecular flexibility index (Phi) is 5.26. The molecular formula is C14H21N3S2. The van der Waals surface area contributed by atoms with Gasteiger partial charge in [0, 0.05) is 16.3 Å². The molecule has 3 nitrogen and oxygen atoms in total. The van der Waals surface area contributed by atoms with Crippen molar-refractivity contribution in [2.45, 2.75) is 61.1 Å². The predicted molar refractivity (Wildman–Crippen MR) is 81.6 cm³/mol. The summed E-state index contributed by atoms with van der Waals surface area (Å²) in [6.07, 6.45) is 5.32. The molecule has 0 saturated heterocycles. The van der Waals surface area contributed by atoms with Crippen molar-refractivity contribution in [3.63, 3.8) is 0 Å². The maximum Gasteiger partial charge on any atom is 0.150 e. The molecule has 0 radical (unpaired) electrons. The summed E-state index contributed by atoms with van der Waals surface area (Å²) in [5, 5.41) is 15.6. The van der Waals surface area contributed by atoms with Crippen LogP contribution in [0.15, 0.2) is 9.72 Å². The molecule has 2 rings (SSSR count). The molecule has 2 atom stereocenters. The van der Waals surface area contributed by atoms with Crippen LogP contribution in [0.25, 0.3) is 0 Å². The van der Waals surface area contributed by atoms with Crippen LogP contribution in [0.1, 0.15) is 44.7 Å². The van der Waals surface area contributed by atoms with Gasteiger partial charge in [0.15, 0.2) is 0 Å².